The number of carbonyl (C=O) groups is 1. The average Bonchev–Trinajstić information content (AvgIpc) is 2.47. The Hall–Kier alpha value is -2.23. The summed E-state index contributed by atoms with van der Waals surface area (Å²) in [5.74, 6) is -1.12. The van der Waals surface area contributed by atoms with Crippen molar-refractivity contribution in [1.82, 2.24) is 0 Å². The van der Waals surface area contributed by atoms with E-state index in [9.17, 15) is 13.6 Å². The summed E-state index contributed by atoms with van der Waals surface area (Å²) in [6.45, 7) is 3.76. The first kappa shape index (κ1) is 15.2. The highest BCUT2D eigenvalue weighted by atomic mass is 19.1. The van der Waals surface area contributed by atoms with Crippen LogP contribution in [-0.2, 0) is 0 Å². The van der Waals surface area contributed by atoms with Crippen LogP contribution in [0.3, 0.4) is 0 Å². The lowest BCUT2D eigenvalue weighted by molar-refractivity contribution is 0.0917. The fourth-order valence-electron chi connectivity index (χ4n) is 1.90. The third-order valence-electron chi connectivity index (χ3n) is 3.12. The first-order chi connectivity index (χ1) is 9.97. The molecule has 0 atom stereocenters. The molecular formula is C17H16F2O2. The molecule has 0 unspecified atom stereocenters. The minimum absolute atomic E-state index is 0.296. The molecule has 2 nitrogen and oxygen atoms in total. The summed E-state index contributed by atoms with van der Waals surface area (Å²) >= 11 is 0. The molecule has 21 heavy (non-hydrogen) atoms. The Bertz CT molecular complexity index is 651. The first-order valence-corrected chi connectivity index (χ1v) is 6.68. The van der Waals surface area contributed by atoms with E-state index in [2.05, 4.69) is 0 Å². The van der Waals surface area contributed by atoms with E-state index < -0.39 is 17.4 Å². The molecular weight excluding hydrogens is 274 g/mol. The van der Waals surface area contributed by atoms with Gasteiger partial charge in [0, 0.05) is 0 Å². The highest BCUT2D eigenvalue weighted by Crippen LogP contribution is 2.20. The lowest BCUT2D eigenvalue weighted by atomic mass is 10.0. The summed E-state index contributed by atoms with van der Waals surface area (Å²) in [5, 5.41) is 0. The summed E-state index contributed by atoms with van der Waals surface area (Å²) in [5.41, 5.74) is 0.784. The van der Waals surface area contributed by atoms with Crippen molar-refractivity contribution < 1.29 is 18.3 Å². The fourth-order valence-corrected chi connectivity index (χ4v) is 1.90. The van der Waals surface area contributed by atoms with Crippen molar-refractivity contribution in [3.8, 4) is 5.75 Å². The zero-order valence-corrected chi connectivity index (χ0v) is 11.9. The third-order valence-corrected chi connectivity index (χ3v) is 3.12. The van der Waals surface area contributed by atoms with Crippen molar-refractivity contribution in [3.63, 3.8) is 0 Å². The quantitative estimate of drug-likeness (QED) is 0.765. The number of hydrogen-bond acceptors (Lipinski definition) is 2. The number of rotatable bonds is 5. The van der Waals surface area contributed by atoms with Crippen molar-refractivity contribution in [1.29, 1.82) is 0 Å². The Morgan fingerprint density at radius 1 is 1.14 bits per heavy atom. The van der Waals surface area contributed by atoms with Gasteiger partial charge in [-0.05, 0) is 41.8 Å². The molecule has 0 N–H and O–H groups in total. The molecule has 2 aromatic carbocycles. The molecule has 0 aliphatic carbocycles. The standard InChI is InChI=1S/C17H16F2O2/c1-11(2)12-4-3-5-14(8-12)21-10-17(20)15-9-13(18)6-7-16(15)19/h3-9,11H,10H2,1-2H3. The number of carbonyl (C=O) groups excluding carboxylic acids is 1. The van der Waals surface area contributed by atoms with Crippen molar-refractivity contribution in [3.05, 3.63) is 65.2 Å². The van der Waals surface area contributed by atoms with Crippen LogP contribution in [0.1, 0.15) is 35.7 Å². The fraction of sp³-hybridized carbons (Fsp3) is 0.235. The van der Waals surface area contributed by atoms with Gasteiger partial charge in [0.25, 0.3) is 0 Å². The minimum atomic E-state index is -0.749. The smallest absolute Gasteiger partial charge is 0.203 e. The summed E-state index contributed by atoms with van der Waals surface area (Å²) in [7, 11) is 0. The van der Waals surface area contributed by atoms with Crippen LogP contribution in [0.4, 0.5) is 8.78 Å². The van der Waals surface area contributed by atoms with E-state index in [0.29, 0.717) is 11.7 Å². The molecule has 0 saturated carbocycles. The van der Waals surface area contributed by atoms with Crippen LogP contribution in [0, 0.1) is 11.6 Å². The normalized spacial score (nSPS) is 10.7. The van der Waals surface area contributed by atoms with E-state index in [1.807, 2.05) is 32.0 Å². The molecule has 0 heterocycles. The molecule has 0 aliphatic rings. The van der Waals surface area contributed by atoms with Gasteiger partial charge in [0.05, 0.1) is 5.56 Å². The van der Waals surface area contributed by atoms with Gasteiger partial charge in [-0.3, -0.25) is 4.79 Å². The molecule has 0 radical (unpaired) electrons. The zero-order chi connectivity index (χ0) is 15.4. The van der Waals surface area contributed by atoms with E-state index in [0.717, 1.165) is 23.8 Å². The van der Waals surface area contributed by atoms with Gasteiger partial charge in [0.1, 0.15) is 17.4 Å². The van der Waals surface area contributed by atoms with Crippen LogP contribution in [0.2, 0.25) is 0 Å². The first-order valence-electron chi connectivity index (χ1n) is 6.68. The number of ether oxygens (including phenoxy) is 1. The lowest BCUT2D eigenvalue weighted by Gasteiger charge is -2.10. The summed E-state index contributed by atoms with van der Waals surface area (Å²) in [6, 6.07) is 10.1. The Labute approximate surface area is 122 Å². The molecule has 4 heteroatoms. The van der Waals surface area contributed by atoms with Crippen LogP contribution >= 0.6 is 0 Å². The zero-order valence-electron chi connectivity index (χ0n) is 11.9. The van der Waals surface area contributed by atoms with Gasteiger partial charge in [-0.2, -0.15) is 0 Å². The molecule has 2 rings (SSSR count). The van der Waals surface area contributed by atoms with Crippen LogP contribution in [0.25, 0.3) is 0 Å². The van der Waals surface area contributed by atoms with Gasteiger partial charge < -0.3 is 4.74 Å². The second-order valence-electron chi connectivity index (χ2n) is 5.06. The Morgan fingerprint density at radius 3 is 2.62 bits per heavy atom. The summed E-state index contributed by atoms with van der Waals surface area (Å²) in [6.07, 6.45) is 0. The van der Waals surface area contributed by atoms with Crippen LogP contribution in [0.15, 0.2) is 42.5 Å². The van der Waals surface area contributed by atoms with Gasteiger partial charge >= 0.3 is 0 Å². The molecule has 0 saturated heterocycles. The van der Waals surface area contributed by atoms with Gasteiger partial charge in [-0.15, -0.1) is 0 Å². The van der Waals surface area contributed by atoms with Crippen molar-refractivity contribution in [2.75, 3.05) is 6.61 Å². The maximum Gasteiger partial charge on any atom is 0.203 e. The number of halogens is 2. The topological polar surface area (TPSA) is 26.3 Å². The highest BCUT2D eigenvalue weighted by Gasteiger charge is 2.13. The van der Waals surface area contributed by atoms with Gasteiger partial charge in [-0.1, -0.05) is 26.0 Å². The highest BCUT2D eigenvalue weighted by molar-refractivity contribution is 5.97. The summed E-state index contributed by atoms with van der Waals surface area (Å²) < 4.78 is 31.9. The second kappa shape index (κ2) is 6.48. The SMILES string of the molecule is CC(C)c1cccc(OCC(=O)c2cc(F)ccc2F)c1. The second-order valence-corrected chi connectivity index (χ2v) is 5.06. The Balaban J connectivity index is 2.07. The van der Waals surface area contributed by atoms with E-state index in [-0.39, 0.29) is 12.2 Å². The van der Waals surface area contributed by atoms with E-state index >= 15 is 0 Å². The predicted molar refractivity (Wildman–Crippen MR) is 76.7 cm³/mol. The number of hydrogen-bond donors (Lipinski definition) is 0. The van der Waals surface area contributed by atoms with E-state index in [4.69, 9.17) is 4.74 Å². The molecule has 0 bridgehead atoms. The molecule has 0 amide bonds. The van der Waals surface area contributed by atoms with Gasteiger partial charge in [-0.25, -0.2) is 8.78 Å². The molecule has 2 aromatic rings. The molecule has 0 aliphatic heterocycles. The maximum absolute atomic E-state index is 13.5. The number of ketones is 1. The van der Waals surface area contributed by atoms with Gasteiger partial charge in [0.15, 0.2) is 6.61 Å². The minimum Gasteiger partial charge on any atom is -0.485 e. The Morgan fingerprint density at radius 2 is 1.90 bits per heavy atom. The maximum atomic E-state index is 13.5. The third kappa shape index (κ3) is 3.88. The lowest BCUT2D eigenvalue weighted by Crippen LogP contribution is -2.13. The van der Waals surface area contributed by atoms with Crippen molar-refractivity contribution in [2.24, 2.45) is 0 Å². The van der Waals surface area contributed by atoms with Gasteiger partial charge in [0.2, 0.25) is 5.78 Å². The Kier molecular flexibility index (Phi) is 4.68. The number of benzene rings is 2. The monoisotopic (exact) mass is 290 g/mol. The molecule has 0 fully saturated rings. The van der Waals surface area contributed by atoms with E-state index in [1.165, 1.54) is 0 Å². The predicted octanol–water partition coefficient (Wildman–Crippen LogP) is 4.35. The molecule has 0 spiro atoms. The van der Waals surface area contributed by atoms with Crippen molar-refractivity contribution in [2.45, 2.75) is 19.8 Å². The summed E-state index contributed by atoms with van der Waals surface area (Å²) in [4.78, 5) is 11.9. The van der Waals surface area contributed by atoms with E-state index in [1.54, 1.807) is 6.07 Å². The largest absolute Gasteiger partial charge is 0.485 e. The van der Waals surface area contributed by atoms with Crippen LogP contribution in [-0.4, -0.2) is 12.4 Å². The van der Waals surface area contributed by atoms with Crippen LogP contribution in [0.5, 0.6) is 5.75 Å². The molecule has 110 valence electrons. The molecule has 0 aromatic heterocycles. The van der Waals surface area contributed by atoms with Crippen molar-refractivity contribution >= 4 is 5.78 Å². The number of Topliss-reactive ketones (excluding diaryl/α,β-unsaturated/α-hetero) is 1. The average molecular weight is 290 g/mol. The van der Waals surface area contributed by atoms with Crippen LogP contribution < -0.4 is 4.74 Å².